The first kappa shape index (κ1) is 19.2. The van der Waals surface area contributed by atoms with E-state index in [1.54, 1.807) is 0 Å². The Morgan fingerprint density at radius 2 is 1.61 bits per heavy atom. The molecule has 0 aromatic heterocycles. The van der Waals surface area contributed by atoms with E-state index >= 15 is 0 Å². The smallest absolute Gasteiger partial charge is 0.273 e. The van der Waals surface area contributed by atoms with Crippen molar-refractivity contribution < 1.29 is 19.2 Å². The number of nitrogens with zero attached hydrogens (tertiary/aromatic N) is 2. The van der Waals surface area contributed by atoms with E-state index in [0.717, 1.165) is 21.6 Å². The molecule has 4 atom stereocenters. The number of nitro benzene ring substituents is 1. The highest BCUT2D eigenvalue weighted by molar-refractivity contribution is 6.24. The topological polar surface area (TPSA) is 89.8 Å². The molecule has 1 saturated carbocycles. The molecule has 7 heteroatoms. The number of anilines is 1. The molecule has 0 radical (unpaired) electrons. The number of carbonyl (C=O) groups excluding carboxylic acids is 2. The minimum absolute atomic E-state index is 0.124. The summed E-state index contributed by atoms with van der Waals surface area (Å²) in [6.07, 6.45) is 4.07. The number of carbonyl (C=O) groups is 2. The third-order valence-electron chi connectivity index (χ3n) is 6.67. The standard InChI is InChI=1S/C24H20N2O5/c1-13(14-6-4-3-5-7-14)20-16-9-10-17(20)22-21(16)23(27)25(24(22)28)18-11-8-15(26(29)30)12-19(18)31-2/h3-12,16-17,21-22H,1-2H3/t16-,17-,21-,22+/m0/s1. The Morgan fingerprint density at radius 1 is 1.00 bits per heavy atom. The molecular weight excluding hydrogens is 396 g/mol. The van der Waals surface area contributed by atoms with Crippen molar-refractivity contribution in [3.8, 4) is 5.75 Å². The third-order valence-corrected chi connectivity index (χ3v) is 6.67. The third kappa shape index (κ3) is 2.66. The van der Waals surface area contributed by atoms with E-state index in [0.29, 0.717) is 0 Å². The number of fused-ring (bicyclic) bond motifs is 5. The quantitative estimate of drug-likeness (QED) is 0.325. The van der Waals surface area contributed by atoms with Crippen molar-refractivity contribution in [1.82, 2.24) is 0 Å². The molecular formula is C24H20N2O5. The Kier molecular flexibility index (Phi) is 4.28. The molecule has 7 nitrogen and oxygen atoms in total. The number of amides is 2. The van der Waals surface area contributed by atoms with Crippen LogP contribution in [0, 0.1) is 33.8 Å². The SMILES string of the molecule is COc1cc([N+](=O)[O-])ccc1N1C(=O)[C@@H]2[C@H](C1=O)[C@H]1C=C[C@H]2C1=C(C)c1ccccc1. The lowest BCUT2D eigenvalue weighted by molar-refractivity contribution is -0.384. The Balaban J connectivity index is 1.54. The van der Waals surface area contributed by atoms with Crippen molar-refractivity contribution in [2.24, 2.45) is 23.7 Å². The second-order valence-electron chi connectivity index (χ2n) is 8.06. The molecule has 2 amide bonds. The maximum atomic E-state index is 13.4. The number of benzene rings is 2. The monoisotopic (exact) mass is 416 g/mol. The Hall–Kier alpha value is -3.74. The largest absolute Gasteiger partial charge is 0.494 e. The van der Waals surface area contributed by atoms with E-state index in [-0.39, 0.29) is 40.8 Å². The van der Waals surface area contributed by atoms with Crippen molar-refractivity contribution in [3.05, 3.63) is 81.9 Å². The summed E-state index contributed by atoms with van der Waals surface area (Å²) in [5, 5.41) is 11.1. The summed E-state index contributed by atoms with van der Waals surface area (Å²) in [4.78, 5) is 38.6. The van der Waals surface area contributed by atoms with Gasteiger partial charge < -0.3 is 4.74 Å². The predicted octanol–water partition coefficient (Wildman–Crippen LogP) is 4.00. The zero-order valence-corrected chi connectivity index (χ0v) is 17.0. The average Bonchev–Trinajstić information content (AvgIpc) is 3.43. The van der Waals surface area contributed by atoms with Gasteiger partial charge in [-0.1, -0.05) is 48.1 Å². The van der Waals surface area contributed by atoms with Crippen LogP contribution in [0.25, 0.3) is 5.57 Å². The molecule has 2 fully saturated rings. The summed E-state index contributed by atoms with van der Waals surface area (Å²) in [6.45, 7) is 2.05. The van der Waals surface area contributed by atoms with Gasteiger partial charge >= 0.3 is 0 Å². The van der Waals surface area contributed by atoms with Crippen molar-refractivity contribution in [1.29, 1.82) is 0 Å². The number of ether oxygens (including phenoxy) is 1. The first-order chi connectivity index (χ1) is 14.9. The van der Waals surface area contributed by atoms with Crippen LogP contribution in [0.5, 0.6) is 5.75 Å². The summed E-state index contributed by atoms with van der Waals surface area (Å²) in [7, 11) is 1.36. The fraction of sp³-hybridized carbons (Fsp3) is 0.250. The van der Waals surface area contributed by atoms with Gasteiger partial charge in [-0.15, -0.1) is 0 Å². The predicted molar refractivity (Wildman–Crippen MR) is 114 cm³/mol. The van der Waals surface area contributed by atoms with Crippen LogP contribution in [-0.4, -0.2) is 23.8 Å². The van der Waals surface area contributed by atoms with Gasteiger partial charge in [0, 0.05) is 17.9 Å². The lowest BCUT2D eigenvalue weighted by Crippen LogP contribution is -2.33. The molecule has 2 aliphatic carbocycles. The molecule has 2 bridgehead atoms. The van der Waals surface area contributed by atoms with Crippen LogP contribution in [0.4, 0.5) is 11.4 Å². The van der Waals surface area contributed by atoms with E-state index in [2.05, 4.69) is 0 Å². The second kappa shape index (κ2) is 6.91. The first-order valence-corrected chi connectivity index (χ1v) is 10.1. The number of hydrogen-bond acceptors (Lipinski definition) is 5. The summed E-state index contributed by atoms with van der Waals surface area (Å²) in [5.74, 6) is -1.60. The van der Waals surface area contributed by atoms with Crippen LogP contribution in [-0.2, 0) is 9.59 Å². The molecule has 0 unspecified atom stereocenters. The lowest BCUT2D eigenvalue weighted by atomic mass is 9.85. The van der Waals surface area contributed by atoms with Crippen LogP contribution in [0.1, 0.15) is 12.5 Å². The van der Waals surface area contributed by atoms with Gasteiger partial charge in [0.1, 0.15) is 5.75 Å². The van der Waals surface area contributed by atoms with Crippen molar-refractivity contribution in [2.45, 2.75) is 6.92 Å². The number of non-ortho nitro benzene ring substituents is 1. The fourth-order valence-corrected chi connectivity index (χ4v) is 5.32. The van der Waals surface area contributed by atoms with E-state index in [9.17, 15) is 19.7 Å². The summed E-state index contributed by atoms with van der Waals surface area (Å²) in [5.41, 5.74) is 3.42. The van der Waals surface area contributed by atoms with Gasteiger partial charge in [0.2, 0.25) is 11.8 Å². The molecule has 1 saturated heterocycles. The minimum Gasteiger partial charge on any atom is -0.494 e. The number of imide groups is 1. The van der Waals surface area contributed by atoms with Gasteiger partial charge in [-0.25, -0.2) is 4.90 Å². The van der Waals surface area contributed by atoms with Gasteiger partial charge in [0.05, 0.1) is 35.6 Å². The highest BCUT2D eigenvalue weighted by atomic mass is 16.6. The molecule has 1 aliphatic heterocycles. The average molecular weight is 416 g/mol. The van der Waals surface area contributed by atoms with Crippen LogP contribution in [0.15, 0.2) is 66.3 Å². The lowest BCUT2D eigenvalue weighted by Gasteiger charge is -2.21. The maximum absolute atomic E-state index is 13.4. The number of nitro groups is 1. The number of allylic oxidation sites excluding steroid dienone is 4. The van der Waals surface area contributed by atoms with Crippen LogP contribution in [0.3, 0.4) is 0 Å². The van der Waals surface area contributed by atoms with Crippen LogP contribution in [0.2, 0.25) is 0 Å². The number of hydrogen-bond donors (Lipinski definition) is 0. The Bertz CT molecular complexity index is 1150. The molecule has 2 aromatic rings. The maximum Gasteiger partial charge on any atom is 0.273 e. The van der Waals surface area contributed by atoms with E-state index in [1.165, 1.54) is 25.3 Å². The first-order valence-electron chi connectivity index (χ1n) is 10.1. The summed E-state index contributed by atoms with van der Waals surface area (Å²) >= 11 is 0. The van der Waals surface area contributed by atoms with Crippen LogP contribution < -0.4 is 9.64 Å². The number of rotatable bonds is 4. The van der Waals surface area contributed by atoms with E-state index in [1.807, 2.05) is 49.4 Å². The number of methoxy groups -OCH3 is 1. The second-order valence-corrected chi connectivity index (χ2v) is 8.06. The fourth-order valence-electron chi connectivity index (χ4n) is 5.32. The Morgan fingerprint density at radius 3 is 2.16 bits per heavy atom. The van der Waals surface area contributed by atoms with Gasteiger partial charge in [0.25, 0.3) is 5.69 Å². The zero-order valence-electron chi connectivity index (χ0n) is 17.0. The summed E-state index contributed by atoms with van der Waals surface area (Å²) in [6, 6.07) is 13.9. The van der Waals surface area contributed by atoms with Gasteiger partial charge in [0.15, 0.2) is 0 Å². The molecule has 156 valence electrons. The van der Waals surface area contributed by atoms with Gasteiger partial charge in [-0.2, -0.15) is 0 Å². The molecule has 3 aliphatic rings. The van der Waals surface area contributed by atoms with E-state index < -0.39 is 16.8 Å². The zero-order chi connectivity index (χ0) is 21.9. The molecule has 31 heavy (non-hydrogen) atoms. The highest BCUT2D eigenvalue weighted by Crippen LogP contribution is 2.58. The molecule has 1 heterocycles. The molecule has 0 N–H and O–H groups in total. The van der Waals surface area contributed by atoms with Crippen molar-refractivity contribution >= 4 is 28.8 Å². The highest BCUT2D eigenvalue weighted by Gasteiger charge is 2.62. The normalized spacial score (nSPS) is 27.6. The molecule has 0 spiro atoms. The summed E-state index contributed by atoms with van der Waals surface area (Å²) < 4.78 is 5.28. The van der Waals surface area contributed by atoms with Crippen LogP contribution >= 0.6 is 0 Å². The van der Waals surface area contributed by atoms with Crippen molar-refractivity contribution in [2.75, 3.05) is 12.0 Å². The van der Waals surface area contributed by atoms with E-state index in [4.69, 9.17) is 4.74 Å². The van der Waals surface area contributed by atoms with Gasteiger partial charge in [-0.3, -0.25) is 19.7 Å². The Labute approximate surface area is 178 Å². The molecule has 2 aromatic carbocycles. The van der Waals surface area contributed by atoms with Gasteiger partial charge in [-0.05, 0) is 24.1 Å². The minimum atomic E-state index is -0.539. The molecule has 5 rings (SSSR count). The van der Waals surface area contributed by atoms with Crippen molar-refractivity contribution in [3.63, 3.8) is 0 Å².